The zero-order valence-corrected chi connectivity index (χ0v) is 8.78. The van der Waals surface area contributed by atoms with Crippen LogP contribution in [0.3, 0.4) is 0 Å². The normalized spacial score (nSPS) is 16.1. The van der Waals surface area contributed by atoms with Crippen LogP contribution in [-0.4, -0.2) is 50.7 Å². The van der Waals surface area contributed by atoms with Crippen LogP contribution >= 0.6 is 0 Å². The Balaban J connectivity index is 2.69. The van der Waals surface area contributed by atoms with Crippen molar-refractivity contribution in [1.82, 2.24) is 4.90 Å². The van der Waals surface area contributed by atoms with Crippen LogP contribution in [0.1, 0.15) is 0 Å². The molecule has 0 fully saturated rings. The van der Waals surface area contributed by atoms with Gasteiger partial charge in [-0.3, -0.25) is 4.79 Å². The van der Waals surface area contributed by atoms with E-state index in [1.807, 2.05) is 0 Å². The monoisotopic (exact) mass is 214 g/mol. The molecule has 1 rings (SSSR count). The fraction of sp³-hybridized carbons (Fsp3) is 0.556. The number of rotatable bonds is 4. The molecule has 0 radical (unpaired) electrons. The average Bonchev–Trinajstić information content (AvgIpc) is 2.53. The largest absolute Gasteiger partial charge is 0.466 e. The topological polar surface area (TPSA) is 81.9 Å². The Morgan fingerprint density at radius 3 is 2.73 bits per heavy atom. The highest BCUT2D eigenvalue weighted by molar-refractivity contribution is 6.06. The lowest BCUT2D eigenvalue weighted by Gasteiger charge is -2.15. The molecule has 0 saturated heterocycles. The van der Waals surface area contributed by atoms with Gasteiger partial charge in [0.2, 0.25) is 0 Å². The standard InChI is InChI=1S/C9H14N2O4/c1-14-4-3-11-5-6(9(13)15-2)7(10)8(11)12/h3-5,10H2,1-2H3. The second-order valence-corrected chi connectivity index (χ2v) is 3.10. The molecular formula is C9H14N2O4. The van der Waals surface area contributed by atoms with Gasteiger partial charge in [0.15, 0.2) is 0 Å². The summed E-state index contributed by atoms with van der Waals surface area (Å²) < 4.78 is 9.36. The molecule has 1 aliphatic heterocycles. The fourth-order valence-electron chi connectivity index (χ4n) is 1.33. The van der Waals surface area contributed by atoms with E-state index in [9.17, 15) is 9.59 Å². The molecule has 0 aromatic heterocycles. The Labute approximate surface area is 87.6 Å². The fourth-order valence-corrected chi connectivity index (χ4v) is 1.33. The van der Waals surface area contributed by atoms with Crippen LogP contribution in [0.25, 0.3) is 0 Å². The van der Waals surface area contributed by atoms with Crippen molar-refractivity contribution in [3.63, 3.8) is 0 Å². The first-order valence-electron chi connectivity index (χ1n) is 4.47. The Morgan fingerprint density at radius 1 is 1.53 bits per heavy atom. The molecule has 0 saturated carbocycles. The highest BCUT2D eigenvalue weighted by Crippen LogP contribution is 2.15. The lowest BCUT2D eigenvalue weighted by Crippen LogP contribution is -2.32. The smallest absolute Gasteiger partial charge is 0.337 e. The molecule has 6 heteroatoms. The van der Waals surface area contributed by atoms with Crippen LogP contribution in [0.4, 0.5) is 0 Å². The quantitative estimate of drug-likeness (QED) is 0.598. The van der Waals surface area contributed by atoms with Crippen molar-refractivity contribution in [3.8, 4) is 0 Å². The van der Waals surface area contributed by atoms with Crippen molar-refractivity contribution in [2.45, 2.75) is 0 Å². The lowest BCUT2D eigenvalue weighted by atomic mass is 10.2. The number of nitrogens with two attached hydrogens (primary N) is 1. The van der Waals surface area contributed by atoms with E-state index in [1.54, 1.807) is 7.11 Å². The maximum Gasteiger partial charge on any atom is 0.337 e. The van der Waals surface area contributed by atoms with Crippen molar-refractivity contribution in [1.29, 1.82) is 0 Å². The first-order chi connectivity index (χ1) is 7.11. The zero-order chi connectivity index (χ0) is 11.4. The number of ether oxygens (including phenoxy) is 2. The molecule has 84 valence electrons. The van der Waals surface area contributed by atoms with Gasteiger partial charge in [-0.15, -0.1) is 0 Å². The molecule has 15 heavy (non-hydrogen) atoms. The minimum atomic E-state index is -0.555. The van der Waals surface area contributed by atoms with Gasteiger partial charge in [0.1, 0.15) is 5.70 Å². The summed E-state index contributed by atoms with van der Waals surface area (Å²) in [5, 5.41) is 0. The van der Waals surface area contributed by atoms with Gasteiger partial charge in [0.25, 0.3) is 5.91 Å². The van der Waals surface area contributed by atoms with Crippen LogP contribution < -0.4 is 5.73 Å². The van der Waals surface area contributed by atoms with Gasteiger partial charge in [-0.05, 0) is 0 Å². The van der Waals surface area contributed by atoms with Crippen molar-refractivity contribution in [2.75, 3.05) is 33.9 Å². The van der Waals surface area contributed by atoms with Gasteiger partial charge in [-0.1, -0.05) is 0 Å². The van der Waals surface area contributed by atoms with E-state index in [0.717, 1.165) is 0 Å². The molecule has 0 spiro atoms. The van der Waals surface area contributed by atoms with Crippen LogP contribution in [-0.2, 0) is 19.1 Å². The molecule has 6 nitrogen and oxygen atoms in total. The van der Waals surface area contributed by atoms with E-state index >= 15 is 0 Å². The van der Waals surface area contributed by atoms with Crippen LogP contribution in [0.2, 0.25) is 0 Å². The third-order valence-electron chi connectivity index (χ3n) is 2.19. The first kappa shape index (κ1) is 11.5. The molecule has 2 N–H and O–H groups in total. The molecule has 1 aliphatic rings. The SMILES string of the molecule is COCCN1CC(C(=O)OC)=C(N)C1=O. The molecule has 0 unspecified atom stereocenters. The van der Waals surface area contributed by atoms with Crippen molar-refractivity contribution < 1.29 is 19.1 Å². The molecule has 0 aromatic rings. The van der Waals surface area contributed by atoms with Crippen molar-refractivity contribution in [2.24, 2.45) is 5.73 Å². The number of amides is 1. The van der Waals surface area contributed by atoms with E-state index in [2.05, 4.69) is 4.74 Å². The number of carbonyl (C=O) groups excluding carboxylic acids is 2. The number of carbonyl (C=O) groups is 2. The third kappa shape index (κ3) is 2.27. The Kier molecular flexibility index (Phi) is 3.68. The van der Waals surface area contributed by atoms with Crippen molar-refractivity contribution >= 4 is 11.9 Å². The van der Waals surface area contributed by atoms with Gasteiger partial charge in [0, 0.05) is 13.7 Å². The molecular weight excluding hydrogens is 200 g/mol. The Hall–Kier alpha value is -1.56. The highest BCUT2D eigenvalue weighted by Gasteiger charge is 2.32. The maximum absolute atomic E-state index is 11.5. The van der Waals surface area contributed by atoms with Gasteiger partial charge >= 0.3 is 5.97 Å². The van der Waals surface area contributed by atoms with Gasteiger partial charge in [-0.2, -0.15) is 0 Å². The lowest BCUT2D eigenvalue weighted by molar-refractivity contribution is -0.136. The molecule has 1 amide bonds. The average molecular weight is 214 g/mol. The van der Waals surface area contributed by atoms with Crippen LogP contribution in [0.5, 0.6) is 0 Å². The number of esters is 1. The summed E-state index contributed by atoms with van der Waals surface area (Å²) in [6, 6.07) is 0. The van der Waals surface area contributed by atoms with E-state index in [1.165, 1.54) is 12.0 Å². The number of methoxy groups -OCH3 is 2. The second kappa shape index (κ2) is 4.79. The summed E-state index contributed by atoms with van der Waals surface area (Å²) in [5.74, 6) is -0.895. The second-order valence-electron chi connectivity index (χ2n) is 3.10. The zero-order valence-electron chi connectivity index (χ0n) is 8.78. The summed E-state index contributed by atoms with van der Waals surface area (Å²) in [7, 11) is 2.80. The summed E-state index contributed by atoms with van der Waals surface area (Å²) in [6.07, 6.45) is 0. The number of nitrogens with zero attached hydrogens (tertiary/aromatic N) is 1. The van der Waals surface area contributed by atoms with Gasteiger partial charge in [-0.25, -0.2) is 4.79 Å². The predicted molar refractivity (Wildman–Crippen MR) is 51.7 cm³/mol. The Bertz CT molecular complexity index is 311. The summed E-state index contributed by atoms with van der Waals surface area (Å²) in [5.41, 5.74) is 5.70. The van der Waals surface area contributed by atoms with E-state index < -0.39 is 5.97 Å². The molecule has 0 atom stereocenters. The highest BCUT2D eigenvalue weighted by atomic mass is 16.5. The minimum Gasteiger partial charge on any atom is -0.466 e. The molecule has 0 aromatic carbocycles. The maximum atomic E-state index is 11.5. The summed E-state index contributed by atoms with van der Waals surface area (Å²) >= 11 is 0. The Morgan fingerprint density at radius 2 is 2.20 bits per heavy atom. The van der Waals surface area contributed by atoms with Crippen LogP contribution in [0, 0.1) is 0 Å². The van der Waals surface area contributed by atoms with Gasteiger partial charge < -0.3 is 20.1 Å². The van der Waals surface area contributed by atoms with Crippen molar-refractivity contribution in [3.05, 3.63) is 11.3 Å². The van der Waals surface area contributed by atoms with E-state index in [4.69, 9.17) is 10.5 Å². The minimum absolute atomic E-state index is 0.0297. The summed E-state index contributed by atoms with van der Waals surface area (Å²) in [4.78, 5) is 24.2. The first-order valence-corrected chi connectivity index (χ1v) is 4.47. The third-order valence-corrected chi connectivity index (χ3v) is 2.19. The van der Waals surface area contributed by atoms with Gasteiger partial charge in [0.05, 0.1) is 25.8 Å². The summed E-state index contributed by atoms with van der Waals surface area (Å²) in [6.45, 7) is 1.02. The molecule has 0 bridgehead atoms. The van der Waals surface area contributed by atoms with Crippen LogP contribution in [0.15, 0.2) is 11.3 Å². The number of hydrogen-bond donors (Lipinski definition) is 1. The number of hydrogen-bond acceptors (Lipinski definition) is 5. The van der Waals surface area contributed by atoms with E-state index in [-0.39, 0.29) is 23.7 Å². The van der Waals surface area contributed by atoms with E-state index in [0.29, 0.717) is 13.2 Å². The molecule has 1 heterocycles. The molecule has 0 aliphatic carbocycles. The predicted octanol–water partition coefficient (Wildman–Crippen LogP) is -1.14.